The fourth-order valence-electron chi connectivity index (χ4n) is 2.58. The average molecular weight is 312 g/mol. The summed E-state index contributed by atoms with van der Waals surface area (Å²) in [5, 5.41) is 0. The molecule has 0 fully saturated rings. The van der Waals surface area contributed by atoms with Gasteiger partial charge in [0.05, 0.1) is 0 Å². The minimum Gasteiger partial charge on any atom is -0.0955 e. The van der Waals surface area contributed by atoms with Crippen LogP contribution >= 0.6 is 0 Å². The minimum absolute atomic E-state index is 1.02. The van der Waals surface area contributed by atoms with Crippen LogP contribution in [0.1, 0.15) is 25.0 Å². The van der Waals surface area contributed by atoms with Crippen molar-refractivity contribution in [2.75, 3.05) is 0 Å². The Kier molecular flexibility index (Phi) is 6.33. The molecule has 0 saturated carbocycles. The maximum atomic E-state index is 4.12. The molecule has 0 atom stereocenters. The molecule has 0 heteroatoms. The summed E-state index contributed by atoms with van der Waals surface area (Å²) in [6.07, 6.45) is 8.51. The summed E-state index contributed by atoms with van der Waals surface area (Å²) in [6, 6.07) is 20.6. The fourth-order valence-corrected chi connectivity index (χ4v) is 2.58. The predicted molar refractivity (Wildman–Crippen MR) is 108 cm³/mol. The van der Waals surface area contributed by atoms with Gasteiger partial charge in [0.25, 0.3) is 0 Å². The van der Waals surface area contributed by atoms with E-state index in [1.807, 2.05) is 50.2 Å². The molecule has 24 heavy (non-hydrogen) atoms. The van der Waals surface area contributed by atoms with Crippen molar-refractivity contribution >= 4 is 12.2 Å². The third-order valence-corrected chi connectivity index (χ3v) is 3.65. The van der Waals surface area contributed by atoms with Gasteiger partial charge in [-0.3, -0.25) is 0 Å². The van der Waals surface area contributed by atoms with Gasteiger partial charge in [-0.15, -0.1) is 0 Å². The molecule has 2 aromatic rings. The third kappa shape index (κ3) is 5.10. The smallest absolute Gasteiger partial charge is 0.0137 e. The summed E-state index contributed by atoms with van der Waals surface area (Å²) in [6.45, 7) is 12.3. The number of benzene rings is 2. The second kappa shape index (κ2) is 8.69. The largest absolute Gasteiger partial charge is 0.0955 e. The average Bonchev–Trinajstić information content (AvgIpc) is 2.58. The first-order valence-electron chi connectivity index (χ1n) is 8.10. The van der Waals surface area contributed by atoms with Gasteiger partial charge in [-0.1, -0.05) is 109 Å². The Morgan fingerprint density at radius 3 is 1.38 bits per heavy atom. The van der Waals surface area contributed by atoms with Gasteiger partial charge in [0.15, 0.2) is 0 Å². The first-order valence-corrected chi connectivity index (χ1v) is 8.10. The lowest BCUT2D eigenvalue weighted by atomic mass is 9.95. The molecule has 0 aromatic heterocycles. The fraction of sp³-hybridized carbons (Fsp3) is 0.0833. The van der Waals surface area contributed by atoms with Crippen molar-refractivity contribution in [3.05, 3.63) is 119 Å². The van der Waals surface area contributed by atoms with Crippen LogP contribution in [0.25, 0.3) is 12.2 Å². The van der Waals surface area contributed by atoms with Gasteiger partial charge in [0.1, 0.15) is 0 Å². The molecule has 2 rings (SSSR count). The van der Waals surface area contributed by atoms with Gasteiger partial charge in [-0.05, 0) is 36.1 Å². The Labute approximate surface area is 145 Å². The molecule has 0 bridgehead atoms. The summed E-state index contributed by atoms with van der Waals surface area (Å²) < 4.78 is 0. The SMILES string of the molecule is C=C(C)C(C(=C)C)=C(/C=C/c1ccccc1)/C=C/c1ccccc1. The Morgan fingerprint density at radius 1 is 0.667 bits per heavy atom. The van der Waals surface area contributed by atoms with Crippen LogP contribution in [0.5, 0.6) is 0 Å². The lowest BCUT2D eigenvalue weighted by Gasteiger charge is -2.10. The molecule has 0 heterocycles. The van der Waals surface area contributed by atoms with Crippen molar-refractivity contribution in [1.82, 2.24) is 0 Å². The Balaban J connectivity index is 2.43. The number of hydrogen-bond acceptors (Lipinski definition) is 0. The lowest BCUT2D eigenvalue weighted by Crippen LogP contribution is -1.91. The maximum Gasteiger partial charge on any atom is -0.0137 e. The Hall–Kier alpha value is -2.86. The van der Waals surface area contributed by atoms with Gasteiger partial charge >= 0.3 is 0 Å². The molecule has 0 aliphatic heterocycles. The van der Waals surface area contributed by atoms with E-state index in [0.29, 0.717) is 0 Å². The van der Waals surface area contributed by atoms with Crippen LogP contribution in [0.4, 0.5) is 0 Å². The summed E-state index contributed by atoms with van der Waals surface area (Å²) in [4.78, 5) is 0. The van der Waals surface area contributed by atoms with E-state index in [9.17, 15) is 0 Å². The highest BCUT2D eigenvalue weighted by molar-refractivity contribution is 5.64. The number of allylic oxidation sites excluding steroid dienone is 6. The minimum atomic E-state index is 1.02. The predicted octanol–water partition coefficient (Wildman–Crippen LogP) is 6.86. The topological polar surface area (TPSA) is 0 Å². The van der Waals surface area contributed by atoms with E-state index < -0.39 is 0 Å². The van der Waals surface area contributed by atoms with Gasteiger partial charge in [-0.25, -0.2) is 0 Å². The molecule has 0 N–H and O–H groups in total. The van der Waals surface area contributed by atoms with Crippen LogP contribution in [0.3, 0.4) is 0 Å². The number of rotatable bonds is 6. The normalized spacial score (nSPS) is 10.9. The van der Waals surface area contributed by atoms with Gasteiger partial charge in [0, 0.05) is 0 Å². The first kappa shape index (κ1) is 17.5. The summed E-state index contributed by atoms with van der Waals surface area (Å²) in [7, 11) is 0. The molecular formula is C24H24. The molecule has 0 saturated heterocycles. The van der Waals surface area contributed by atoms with Crippen molar-refractivity contribution in [1.29, 1.82) is 0 Å². The van der Waals surface area contributed by atoms with E-state index >= 15 is 0 Å². The van der Waals surface area contributed by atoms with Crippen molar-refractivity contribution in [2.24, 2.45) is 0 Å². The first-order chi connectivity index (χ1) is 11.6. The van der Waals surface area contributed by atoms with Crippen LogP contribution in [0.2, 0.25) is 0 Å². The van der Waals surface area contributed by atoms with E-state index in [-0.39, 0.29) is 0 Å². The van der Waals surface area contributed by atoms with E-state index in [1.165, 1.54) is 11.1 Å². The van der Waals surface area contributed by atoms with Gasteiger partial charge in [-0.2, -0.15) is 0 Å². The molecule has 0 spiro atoms. The van der Waals surface area contributed by atoms with E-state index in [4.69, 9.17) is 0 Å². The van der Waals surface area contributed by atoms with Crippen LogP contribution in [-0.2, 0) is 0 Å². The standard InChI is InChI=1S/C24H24/c1-19(2)24(20(3)4)23(17-15-21-11-7-5-8-12-21)18-16-22-13-9-6-10-14-22/h5-18H,1,3H2,2,4H3/b17-15+,18-16+. The van der Waals surface area contributed by atoms with E-state index in [1.54, 1.807) is 0 Å². The monoisotopic (exact) mass is 312 g/mol. The quantitative estimate of drug-likeness (QED) is 0.511. The second-order valence-electron chi connectivity index (χ2n) is 5.88. The molecule has 2 aromatic carbocycles. The van der Waals surface area contributed by atoms with Crippen molar-refractivity contribution < 1.29 is 0 Å². The number of hydrogen-bond donors (Lipinski definition) is 0. The summed E-state index contributed by atoms with van der Waals surface area (Å²) in [5.74, 6) is 0. The van der Waals surface area contributed by atoms with Gasteiger partial charge < -0.3 is 0 Å². The van der Waals surface area contributed by atoms with Gasteiger partial charge in [0.2, 0.25) is 0 Å². The Morgan fingerprint density at radius 2 is 1.04 bits per heavy atom. The zero-order valence-electron chi connectivity index (χ0n) is 14.5. The molecule has 0 nitrogen and oxygen atoms in total. The molecule has 0 radical (unpaired) electrons. The molecule has 0 amide bonds. The van der Waals surface area contributed by atoms with Crippen LogP contribution in [0.15, 0.2) is 108 Å². The van der Waals surface area contributed by atoms with E-state index in [2.05, 4.69) is 61.7 Å². The second-order valence-corrected chi connectivity index (χ2v) is 5.88. The van der Waals surface area contributed by atoms with Crippen LogP contribution < -0.4 is 0 Å². The highest BCUT2D eigenvalue weighted by Gasteiger charge is 2.04. The molecule has 0 aliphatic carbocycles. The zero-order valence-corrected chi connectivity index (χ0v) is 14.5. The Bertz CT molecular complexity index is 717. The maximum absolute atomic E-state index is 4.12. The summed E-state index contributed by atoms with van der Waals surface area (Å²) >= 11 is 0. The highest BCUT2D eigenvalue weighted by Crippen LogP contribution is 2.24. The molecule has 0 aliphatic rings. The van der Waals surface area contributed by atoms with Crippen molar-refractivity contribution in [2.45, 2.75) is 13.8 Å². The van der Waals surface area contributed by atoms with Crippen LogP contribution in [-0.4, -0.2) is 0 Å². The van der Waals surface area contributed by atoms with Crippen molar-refractivity contribution in [3.8, 4) is 0 Å². The molecule has 120 valence electrons. The highest BCUT2D eigenvalue weighted by atomic mass is 14.1. The molecule has 0 unspecified atom stereocenters. The van der Waals surface area contributed by atoms with Crippen molar-refractivity contribution in [3.63, 3.8) is 0 Å². The van der Waals surface area contributed by atoms with Crippen LogP contribution in [0, 0.1) is 0 Å². The van der Waals surface area contributed by atoms with E-state index in [0.717, 1.165) is 22.3 Å². The molecular weight excluding hydrogens is 288 g/mol. The summed E-state index contributed by atoms with van der Waals surface area (Å²) in [5.41, 5.74) is 6.61. The lowest BCUT2D eigenvalue weighted by molar-refractivity contribution is 1.32. The zero-order chi connectivity index (χ0) is 17.4. The third-order valence-electron chi connectivity index (χ3n) is 3.65.